The van der Waals surface area contributed by atoms with Crippen molar-refractivity contribution in [3.63, 3.8) is 0 Å². The van der Waals surface area contributed by atoms with Crippen molar-refractivity contribution in [3.8, 4) is 5.69 Å². The zero-order valence-corrected chi connectivity index (χ0v) is 23.6. The molecule has 0 unspecified atom stereocenters. The van der Waals surface area contributed by atoms with E-state index in [9.17, 15) is 13.2 Å². The maximum Gasteiger partial charge on any atom is 0.292 e. The Balaban J connectivity index is 1.29. The first-order chi connectivity index (χ1) is 19.4. The number of anilines is 3. The van der Waals surface area contributed by atoms with Crippen molar-refractivity contribution < 1.29 is 8.42 Å². The van der Waals surface area contributed by atoms with E-state index in [1.807, 2.05) is 40.1 Å². The van der Waals surface area contributed by atoms with Crippen molar-refractivity contribution >= 4 is 38.9 Å². The summed E-state index contributed by atoms with van der Waals surface area (Å²) in [4.78, 5) is 25.8. The van der Waals surface area contributed by atoms with E-state index in [2.05, 4.69) is 26.7 Å². The molecule has 0 bridgehead atoms. The number of halogens is 1. The molecule has 3 heterocycles. The number of rotatable bonds is 9. The van der Waals surface area contributed by atoms with Crippen LogP contribution in [0.25, 0.3) is 5.69 Å². The Kier molecular flexibility index (Phi) is 8.32. The average Bonchev–Trinajstić information content (AvgIpc) is 2.98. The summed E-state index contributed by atoms with van der Waals surface area (Å²) in [7, 11) is -3.86. The predicted octanol–water partition coefficient (Wildman–Crippen LogP) is 4.15. The van der Waals surface area contributed by atoms with Crippen LogP contribution in [0.2, 0.25) is 5.02 Å². The molecule has 10 nitrogen and oxygen atoms in total. The van der Waals surface area contributed by atoms with Crippen LogP contribution in [0.4, 0.5) is 17.3 Å². The molecule has 1 aliphatic heterocycles. The molecule has 1 aliphatic rings. The number of nitrogens with one attached hydrogen (secondary N) is 1. The average molecular weight is 580 g/mol. The summed E-state index contributed by atoms with van der Waals surface area (Å²) >= 11 is 6.50. The van der Waals surface area contributed by atoms with E-state index in [1.165, 1.54) is 17.1 Å². The van der Waals surface area contributed by atoms with Crippen molar-refractivity contribution in [2.24, 2.45) is 0 Å². The summed E-state index contributed by atoms with van der Waals surface area (Å²) < 4.78 is 30.2. The number of hydrogen-bond donors (Lipinski definition) is 1. The molecule has 4 aromatic rings. The Labute approximate surface area is 238 Å². The van der Waals surface area contributed by atoms with E-state index in [4.69, 9.17) is 11.6 Å². The van der Waals surface area contributed by atoms with Gasteiger partial charge >= 0.3 is 0 Å². The first-order valence-electron chi connectivity index (χ1n) is 13.1. The first-order valence-corrected chi connectivity index (χ1v) is 15.0. The minimum Gasteiger partial charge on any atom is -0.365 e. The summed E-state index contributed by atoms with van der Waals surface area (Å²) in [5.41, 5.74) is 1.90. The molecule has 5 rings (SSSR count). The number of aryl methyl sites for hydroxylation is 1. The third-order valence-electron chi connectivity index (χ3n) is 6.78. The monoisotopic (exact) mass is 579 g/mol. The molecule has 2 aromatic heterocycles. The molecule has 0 atom stereocenters. The van der Waals surface area contributed by atoms with Crippen LogP contribution in [0, 0.1) is 0 Å². The van der Waals surface area contributed by atoms with Crippen LogP contribution < -0.4 is 20.1 Å². The van der Waals surface area contributed by atoms with Crippen LogP contribution in [0.15, 0.2) is 82.9 Å². The summed E-state index contributed by atoms with van der Waals surface area (Å²) in [6, 6.07) is 16.0. The van der Waals surface area contributed by atoms with Gasteiger partial charge in [-0.1, -0.05) is 55.3 Å². The van der Waals surface area contributed by atoms with E-state index < -0.39 is 15.6 Å². The predicted molar refractivity (Wildman–Crippen MR) is 157 cm³/mol. The van der Waals surface area contributed by atoms with Gasteiger partial charge in [0, 0.05) is 38.6 Å². The van der Waals surface area contributed by atoms with Crippen LogP contribution in [0.3, 0.4) is 0 Å². The zero-order valence-electron chi connectivity index (χ0n) is 22.1. The first kappa shape index (κ1) is 27.6. The SMILES string of the molecule is CCCCc1ccc(S(=O)(=O)Nc2nccnc2N2CCN(c3cnn(-c4ccccc4)c(=O)c3Cl)CC2)cc1. The highest BCUT2D eigenvalue weighted by atomic mass is 35.5. The van der Waals surface area contributed by atoms with Crippen LogP contribution in [0.5, 0.6) is 0 Å². The second-order valence-corrected chi connectivity index (χ2v) is 11.5. The van der Waals surface area contributed by atoms with Gasteiger partial charge in [0.05, 0.1) is 22.5 Å². The van der Waals surface area contributed by atoms with E-state index in [0.29, 0.717) is 43.4 Å². The maximum atomic E-state index is 13.1. The number of unbranched alkanes of at least 4 members (excludes halogenated alkanes) is 1. The molecule has 0 radical (unpaired) electrons. The maximum absolute atomic E-state index is 13.1. The minimum atomic E-state index is -3.86. The van der Waals surface area contributed by atoms with Gasteiger partial charge in [-0.2, -0.15) is 9.78 Å². The fraction of sp³-hybridized carbons (Fsp3) is 0.286. The third kappa shape index (κ3) is 5.95. The van der Waals surface area contributed by atoms with E-state index in [0.717, 1.165) is 24.8 Å². The van der Waals surface area contributed by atoms with Gasteiger partial charge in [0.1, 0.15) is 5.02 Å². The van der Waals surface area contributed by atoms with Gasteiger partial charge in [0.15, 0.2) is 11.6 Å². The Bertz CT molecular complexity index is 1620. The standard InChI is InChI=1S/C28H30ClN7O3S/c1-2-3-7-21-10-12-23(13-11-21)40(38,39)33-26-27(31-15-14-30-26)35-18-16-34(17-19-35)24-20-32-36(28(37)25(24)29)22-8-5-4-6-9-22/h4-6,8-15,20H,2-3,7,16-19H2,1H3,(H,30,33). The van der Waals surface area contributed by atoms with Gasteiger partial charge in [0.2, 0.25) is 0 Å². The van der Waals surface area contributed by atoms with Crippen LogP contribution in [-0.2, 0) is 16.4 Å². The quantitative estimate of drug-likeness (QED) is 0.315. The van der Waals surface area contributed by atoms with Crippen molar-refractivity contribution in [2.75, 3.05) is 40.7 Å². The molecule has 12 heteroatoms. The Morgan fingerprint density at radius 1 is 0.925 bits per heavy atom. The zero-order chi connectivity index (χ0) is 28.1. The molecule has 0 saturated carbocycles. The topological polar surface area (TPSA) is 113 Å². The highest BCUT2D eigenvalue weighted by molar-refractivity contribution is 7.92. The third-order valence-corrected chi connectivity index (χ3v) is 8.49. The normalized spacial score (nSPS) is 13.8. The van der Waals surface area contributed by atoms with Crippen LogP contribution >= 0.6 is 11.6 Å². The molecule has 0 amide bonds. The van der Waals surface area contributed by atoms with Gasteiger partial charge in [0.25, 0.3) is 15.6 Å². The molecular weight excluding hydrogens is 550 g/mol. The van der Waals surface area contributed by atoms with E-state index >= 15 is 0 Å². The number of aromatic nitrogens is 4. The second-order valence-electron chi connectivity index (χ2n) is 9.45. The summed E-state index contributed by atoms with van der Waals surface area (Å²) in [6.45, 7) is 4.20. The van der Waals surface area contributed by atoms with Crippen molar-refractivity contribution in [2.45, 2.75) is 31.1 Å². The highest BCUT2D eigenvalue weighted by Gasteiger charge is 2.26. The van der Waals surface area contributed by atoms with Gasteiger partial charge in [-0.25, -0.2) is 18.4 Å². The molecule has 1 fully saturated rings. The lowest BCUT2D eigenvalue weighted by atomic mass is 10.1. The summed E-state index contributed by atoms with van der Waals surface area (Å²) in [5, 5.41) is 4.43. The Morgan fingerprint density at radius 3 is 2.30 bits per heavy atom. The lowest BCUT2D eigenvalue weighted by Crippen LogP contribution is -2.47. The summed E-state index contributed by atoms with van der Waals surface area (Å²) in [5.74, 6) is 0.602. The smallest absolute Gasteiger partial charge is 0.292 e. The molecule has 40 heavy (non-hydrogen) atoms. The Morgan fingerprint density at radius 2 is 1.60 bits per heavy atom. The molecule has 0 spiro atoms. The lowest BCUT2D eigenvalue weighted by Gasteiger charge is -2.37. The second kappa shape index (κ2) is 12.1. The highest BCUT2D eigenvalue weighted by Crippen LogP contribution is 2.28. The van der Waals surface area contributed by atoms with E-state index in [1.54, 1.807) is 30.5 Å². The largest absolute Gasteiger partial charge is 0.365 e. The molecular formula is C28H30ClN7O3S. The number of hydrogen-bond acceptors (Lipinski definition) is 8. The van der Waals surface area contributed by atoms with Crippen LogP contribution in [0.1, 0.15) is 25.3 Å². The van der Waals surface area contributed by atoms with E-state index in [-0.39, 0.29) is 15.7 Å². The lowest BCUT2D eigenvalue weighted by molar-refractivity contribution is 0.600. The molecule has 1 N–H and O–H groups in total. The molecule has 1 saturated heterocycles. The van der Waals surface area contributed by atoms with Gasteiger partial charge in [-0.05, 0) is 42.7 Å². The molecule has 2 aromatic carbocycles. The number of nitrogens with zero attached hydrogens (tertiary/aromatic N) is 6. The fourth-order valence-electron chi connectivity index (χ4n) is 4.59. The van der Waals surface area contributed by atoms with Gasteiger partial charge < -0.3 is 9.80 Å². The van der Waals surface area contributed by atoms with Crippen molar-refractivity contribution in [3.05, 3.63) is 94.1 Å². The van der Waals surface area contributed by atoms with Gasteiger partial charge in [-0.15, -0.1) is 0 Å². The molecule has 208 valence electrons. The van der Waals surface area contributed by atoms with Crippen molar-refractivity contribution in [1.82, 2.24) is 19.7 Å². The number of sulfonamides is 1. The van der Waals surface area contributed by atoms with Crippen LogP contribution in [-0.4, -0.2) is 54.3 Å². The van der Waals surface area contributed by atoms with Crippen molar-refractivity contribution in [1.29, 1.82) is 0 Å². The fourth-order valence-corrected chi connectivity index (χ4v) is 5.85. The summed E-state index contributed by atoms with van der Waals surface area (Å²) in [6.07, 6.45) is 7.64. The number of para-hydroxylation sites is 1. The number of benzene rings is 2. The Hall–Kier alpha value is -3.96. The minimum absolute atomic E-state index is 0.0981. The molecule has 0 aliphatic carbocycles. The number of piperazine rings is 1. The van der Waals surface area contributed by atoms with Gasteiger partial charge in [-0.3, -0.25) is 9.52 Å².